The zero-order chi connectivity index (χ0) is 12.1. The van der Waals surface area contributed by atoms with E-state index in [1.165, 1.54) is 11.3 Å². The lowest BCUT2D eigenvalue weighted by molar-refractivity contribution is -0.126. The van der Waals surface area contributed by atoms with Crippen LogP contribution in [0.4, 0.5) is 0 Å². The maximum absolute atomic E-state index is 11.8. The fraction of sp³-hybridized carbons (Fsp3) is 0.545. The van der Waals surface area contributed by atoms with Gasteiger partial charge in [0.2, 0.25) is 5.91 Å². The molecule has 1 amide bonds. The van der Waals surface area contributed by atoms with Gasteiger partial charge in [0.15, 0.2) is 0 Å². The number of nitrogens with one attached hydrogen (secondary N) is 1. The molecule has 0 aliphatic rings. The van der Waals surface area contributed by atoms with Gasteiger partial charge in [-0.2, -0.15) is 0 Å². The molecule has 1 aromatic heterocycles. The molecule has 1 atom stereocenters. The molecule has 3 nitrogen and oxygen atoms in total. The Kier molecular flexibility index (Phi) is 5.25. The van der Waals surface area contributed by atoms with Crippen LogP contribution < -0.4 is 11.1 Å². The molecule has 16 heavy (non-hydrogen) atoms. The van der Waals surface area contributed by atoms with Gasteiger partial charge >= 0.3 is 0 Å². The molecule has 1 aromatic rings. The lowest BCUT2D eigenvalue weighted by Gasteiger charge is -2.17. The van der Waals surface area contributed by atoms with Crippen molar-refractivity contribution in [1.29, 1.82) is 0 Å². The summed E-state index contributed by atoms with van der Waals surface area (Å²) in [5.41, 5.74) is 5.57. The van der Waals surface area contributed by atoms with Crippen LogP contribution in [0.25, 0.3) is 0 Å². The minimum absolute atomic E-state index is 0.0158. The molecule has 0 saturated heterocycles. The fourth-order valence-electron chi connectivity index (χ4n) is 1.43. The number of thiophene rings is 1. The summed E-state index contributed by atoms with van der Waals surface area (Å²) >= 11 is 7.28. The van der Waals surface area contributed by atoms with Gasteiger partial charge < -0.3 is 11.1 Å². The van der Waals surface area contributed by atoms with Crippen LogP contribution in [0.5, 0.6) is 0 Å². The average molecular weight is 261 g/mol. The Bertz CT molecular complexity index is 352. The van der Waals surface area contributed by atoms with Crippen LogP contribution in [-0.2, 0) is 11.3 Å². The number of nitrogens with two attached hydrogens (primary N) is 1. The van der Waals surface area contributed by atoms with Crippen LogP contribution in [0.1, 0.15) is 18.7 Å². The summed E-state index contributed by atoms with van der Waals surface area (Å²) in [6, 6.07) is 3.75. The van der Waals surface area contributed by atoms with Crippen LogP contribution in [0.15, 0.2) is 12.1 Å². The lowest BCUT2D eigenvalue weighted by Crippen LogP contribution is -2.37. The average Bonchev–Trinajstić information content (AvgIpc) is 2.62. The van der Waals surface area contributed by atoms with Crippen molar-refractivity contribution in [3.05, 3.63) is 21.3 Å². The third kappa shape index (κ3) is 3.77. The predicted octanol–water partition coefficient (Wildman–Crippen LogP) is 2.25. The summed E-state index contributed by atoms with van der Waals surface area (Å²) in [4.78, 5) is 12.8. The third-order valence-electron chi connectivity index (χ3n) is 2.46. The van der Waals surface area contributed by atoms with Crippen molar-refractivity contribution >= 4 is 28.8 Å². The van der Waals surface area contributed by atoms with E-state index in [0.29, 0.717) is 13.1 Å². The van der Waals surface area contributed by atoms with Crippen LogP contribution >= 0.6 is 22.9 Å². The van der Waals surface area contributed by atoms with Gasteiger partial charge in [0.1, 0.15) is 0 Å². The molecule has 0 radical (unpaired) electrons. The second kappa shape index (κ2) is 6.23. The first-order valence-corrected chi connectivity index (χ1v) is 6.46. The van der Waals surface area contributed by atoms with Crippen molar-refractivity contribution < 1.29 is 4.79 Å². The quantitative estimate of drug-likeness (QED) is 0.853. The number of carbonyl (C=O) groups excluding carboxylic acids is 1. The topological polar surface area (TPSA) is 55.1 Å². The summed E-state index contributed by atoms with van der Waals surface area (Å²) in [5, 5.41) is 2.88. The molecular formula is C11H17ClN2OS. The van der Waals surface area contributed by atoms with E-state index in [-0.39, 0.29) is 17.7 Å². The number of hydrogen-bond donors (Lipinski definition) is 2. The van der Waals surface area contributed by atoms with Gasteiger partial charge in [-0.1, -0.05) is 25.4 Å². The molecule has 0 fully saturated rings. The standard InChI is InChI=1S/C11H17ClN2OS/c1-7(2)9(5-13)11(15)14-6-8-3-4-10(12)16-8/h3-4,7,9H,5-6,13H2,1-2H3,(H,14,15). The van der Waals surface area contributed by atoms with Crippen molar-refractivity contribution in [3.8, 4) is 0 Å². The Hall–Kier alpha value is -0.580. The van der Waals surface area contributed by atoms with Crippen molar-refractivity contribution in [3.63, 3.8) is 0 Å². The van der Waals surface area contributed by atoms with E-state index in [2.05, 4.69) is 5.32 Å². The predicted molar refractivity (Wildman–Crippen MR) is 68.6 cm³/mol. The van der Waals surface area contributed by atoms with E-state index in [4.69, 9.17) is 17.3 Å². The first-order chi connectivity index (χ1) is 7.54. The van der Waals surface area contributed by atoms with E-state index in [0.717, 1.165) is 9.21 Å². The molecule has 1 unspecified atom stereocenters. The molecule has 0 aliphatic heterocycles. The highest BCUT2D eigenvalue weighted by molar-refractivity contribution is 7.16. The minimum Gasteiger partial charge on any atom is -0.351 e. The van der Waals surface area contributed by atoms with E-state index < -0.39 is 0 Å². The summed E-state index contributed by atoms with van der Waals surface area (Å²) in [6.45, 7) is 4.91. The molecular weight excluding hydrogens is 244 g/mol. The maximum atomic E-state index is 11.8. The molecule has 0 bridgehead atoms. The summed E-state index contributed by atoms with van der Waals surface area (Å²) < 4.78 is 0.739. The van der Waals surface area contributed by atoms with Crippen molar-refractivity contribution in [2.75, 3.05) is 6.54 Å². The van der Waals surface area contributed by atoms with Gasteiger partial charge in [-0.15, -0.1) is 11.3 Å². The highest BCUT2D eigenvalue weighted by Crippen LogP contribution is 2.21. The molecule has 1 rings (SSSR count). The van der Waals surface area contributed by atoms with Crippen molar-refractivity contribution in [2.45, 2.75) is 20.4 Å². The molecule has 0 spiro atoms. The molecule has 5 heteroatoms. The van der Waals surface area contributed by atoms with Crippen LogP contribution in [-0.4, -0.2) is 12.5 Å². The summed E-state index contributed by atoms with van der Waals surface area (Å²) in [5.74, 6) is 0.161. The second-order valence-corrected chi connectivity index (χ2v) is 5.81. The summed E-state index contributed by atoms with van der Waals surface area (Å²) in [6.07, 6.45) is 0. The molecule has 90 valence electrons. The van der Waals surface area contributed by atoms with Gasteiger partial charge in [0.25, 0.3) is 0 Å². The minimum atomic E-state index is -0.115. The number of amides is 1. The van der Waals surface area contributed by atoms with Gasteiger partial charge in [0, 0.05) is 11.4 Å². The van der Waals surface area contributed by atoms with E-state index in [1.54, 1.807) is 0 Å². The van der Waals surface area contributed by atoms with Gasteiger partial charge in [-0.25, -0.2) is 0 Å². The zero-order valence-electron chi connectivity index (χ0n) is 9.50. The van der Waals surface area contributed by atoms with Crippen LogP contribution in [0.2, 0.25) is 4.34 Å². The van der Waals surface area contributed by atoms with Gasteiger partial charge in [-0.3, -0.25) is 4.79 Å². The monoisotopic (exact) mass is 260 g/mol. The number of halogens is 1. The largest absolute Gasteiger partial charge is 0.351 e. The lowest BCUT2D eigenvalue weighted by atomic mass is 9.95. The molecule has 3 N–H and O–H groups in total. The number of hydrogen-bond acceptors (Lipinski definition) is 3. The number of carbonyl (C=O) groups is 1. The van der Waals surface area contributed by atoms with E-state index in [9.17, 15) is 4.79 Å². The Morgan fingerprint density at radius 3 is 2.69 bits per heavy atom. The Morgan fingerprint density at radius 1 is 1.56 bits per heavy atom. The Balaban J connectivity index is 2.45. The van der Waals surface area contributed by atoms with Crippen LogP contribution in [0.3, 0.4) is 0 Å². The SMILES string of the molecule is CC(C)C(CN)C(=O)NCc1ccc(Cl)s1. The smallest absolute Gasteiger partial charge is 0.224 e. The Morgan fingerprint density at radius 2 is 2.25 bits per heavy atom. The maximum Gasteiger partial charge on any atom is 0.224 e. The first-order valence-electron chi connectivity index (χ1n) is 5.26. The van der Waals surface area contributed by atoms with Crippen molar-refractivity contribution in [1.82, 2.24) is 5.32 Å². The highest BCUT2D eigenvalue weighted by Gasteiger charge is 2.19. The van der Waals surface area contributed by atoms with E-state index in [1.807, 2.05) is 26.0 Å². The van der Waals surface area contributed by atoms with Gasteiger partial charge in [0.05, 0.1) is 16.8 Å². The Labute approximate surface area is 105 Å². The normalized spacial score (nSPS) is 12.8. The summed E-state index contributed by atoms with van der Waals surface area (Å²) in [7, 11) is 0. The zero-order valence-corrected chi connectivity index (χ0v) is 11.1. The van der Waals surface area contributed by atoms with Crippen LogP contribution in [0, 0.1) is 11.8 Å². The molecule has 0 saturated carbocycles. The molecule has 0 aliphatic carbocycles. The highest BCUT2D eigenvalue weighted by atomic mass is 35.5. The second-order valence-electron chi connectivity index (χ2n) is 4.01. The molecule has 1 heterocycles. The molecule has 0 aromatic carbocycles. The van der Waals surface area contributed by atoms with Gasteiger partial charge in [-0.05, 0) is 18.1 Å². The number of rotatable bonds is 5. The van der Waals surface area contributed by atoms with Crippen molar-refractivity contribution in [2.24, 2.45) is 17.6 Å². The van der Waals surface area contributed by atoms with E-state index >= 15 is 0 Å². The third-order valence-corrected chi connectivity index (χ3v) is 3.69. The fourth-order valence-corrected chi connectivity index (χ4v) is 2.46. The first kappa shape index (κ1) is 13.5.